The largest absolute Gasteiger partial charge is 0.416 e. The van der Waals surface area contributed by atoms with Gasteiger partial charge in [0, 0.05) is 28.4 Å². The molecule has 9 heteroatoms. The van der Waals surface area contributed by atoms with Gasteiger partial charge in [0.05, 0.1) is 11.1 Å². The van der Waals surface area contributed by atoms with Gasteiger partial charge in [-0.05, 0) is 66.7 Å². The van der Waals surface area contributed by atoms with E-state index in [0.29, 0.717) is 34.9 Å². The molecular weight excluding hydrogens is 396 g/mol. The van der Waals surface area contributed by atoms with E-state index in [2.05, 4.69) is 0 Å². The fourth-order valence-corrected chi connectivity index (χ4v) is 2.76. The highest BCUT2D eigenvalue weighted by molar-refractivity contribution is 5.78. The number of hydrogen-bond donors (Lipinski definition) is 2. The quantitative estimate of drug-likeness (QED) is 0.390. The minimum Gasteiger partial charge on any atom is -0.399 e. The van der Waals surface area contributed by atoms with E-state index in [1.807, 2.05) is 0 Å². The summed E-state index contributed by atoms with van der Waals surface area (Å²) in [5.41, 5.74) is 9.64. The first-order valence-electron chi connectivity index (χ1n) is 8.26. The molecular formula is C20H15F6N3. The highest BCUT2D eigenvalue weighted by Crippen LogP contribution is 2.42. The molecule has 0 aromatic heterocycles. The van der Waals surface area contributed by atoms with Crippen LogP contribution < -0.4 is 16.4 Å². The average Bonchev–Trinajstić information content (AvgIpc) is 2.63. The number of nitrogen functional groups attached to an aromatic ring is 2. The lowest BCUT2D eigenvalue weighted by Crippen LogP contribution is -2.15. The summed E-state index contributed by atoms with van der Waals surface area (Å²) in [7, 11) is 0. The summed E-state index contributed by atoms with van der Waals surface area (Å²) in [6.45, 7) is 0. The Morgan fingerprint density at radius 1 is 0.517 bits per heavy atom. The van der Waals surface area contributed by atoms with E-state index in [0.717, 1.165) is 0 Å². The first kappa shape index (κ1) is 20.4. The lowest BCUT2D eigenvalue weighted by Gasteiger charge is -2.27. The van der Waals surface area contributed by atoms with Crippen molar-refractivity contribution in [1.82, 2.24) is 0 Å². The third-order valence-corrected chi connectivity index (χ3v) is 4.13. The smallest absolute Gasteiger partial charge is 0.399 e. The third kappa shape index (κ3) is 4.56. The Morgan fingerprint density at radius 2 is 0.862 bits per heavy atom. The first-order valence-corrected chi connectivity index (χ1v) is 8.26. The molecule has 29 heavy (non-hydrogen) atoms. The third-order valence-electron chi connectivity index (χ3n) is 4.13. The fourth-order valence-electron chi connectivity index (χ4n) is 2.76. The minimum absolute atomic E-state index is 0.0909. The van der Waals surface area contributed by atoms with E-state index in [-0.39, 0.29) is 11.8 Å². The Balaban J connectivity index is 2.27. The zero-order valence-corrected chi connectivity index (χ0v) is 14.7. The van der Waals surface area contributed by atoms with Crippen LogP contribution in [0.5, 0.6) is 0 Å². The van der Waals surface area contributed by atoms with Gasteiger partial charge < -0.3 is 16.4 Å². The first-order chi connectivity index (χ1) is 13.4. The van der Waals surface area contributed by atoms with E-state index >= 15 is 0 Å². The summed E-state index contributed by atoms with van der Waals surface area (Å²) in [6.07, 6.45) is -9.91. The van der Waals surface area contributed by atoms with Crippen molar-refractivity contribution in [2.45, 2.75) is 12.4 Å². The molecule has 152 valence electrons. The Morgan fingerprint density at radius 3 is 1.17 bits per heavy atom. The van der Waals surface area contributed by atoms with E-state index in [9.17, 15) is 26.3 Å². The zero-order valence-electron chi connectivity index (χ0n) is 14.7. The van der Waals surface area contributed by atoms with Gasteiger partial charge in [-0.15, -0.1) is 0 Å². The topological polar surface area (TPSA) is 55.3 Å². The van der Waals surface area contributed by atoms with Crippen LogP contribution in [-0.2, 0) is 12.4 Å². The van der Waals surface area contributed by atoms with Crippen molar-refractivity contribution in [2.75, 3.05) is 16.4 Å². The molecule has 3 rings (SSSR count). The van der Waals surface area contributed by atoms with Gasteiger partial charge >= 0.3 is 12.4 Å². The number of alkyl halides is 6. The van der Waals surface area contributed by atoms with Crippen LogP contribution in [0, 0.1) is 0 Å². The highest BCUT2D eigenvalue weighted by atomic mass is 19.4. The molecule has 0 heterocycles. The maximum Gasteiger partial charge on any atom is 0.416 e. The predicted molar refractivity (Wildman–Crippen MR) is 100.0 cm³/mol. The minimum atomic E-state index is -4.95. The van der Waals surface area contributed by atoms with Crippen LogP contribution in [0.1, 0.15) is 11.1 Å². The summed E-state index contributed by atoms with van der Waals surface area (Å²) in [6, 6.07) is 13.4. The molecule has 0 saturated carbocycles. The van der Waals surface area contributed by atoms with Gasteiger partial charge in [0.15, 0.2) is 0 Å². The molecule has 0 bridgehead atoms. The van der Waals surface area contributed by atoms with E-state index < -0.39 is 23.5 Å². The lowest BCUT2D eigenvalue weighted by atomic mass is 10.1. The Labute approximate surface area is 162 Å². The molecule has 0 spiro atoms. The van der Waals surface area contributed by atoms with Gasteiger partial charge in [0.2, 0.25) is 0 Å². The zero-order chi connectivity index (χ0) is 21.4. The summed E-state index contributed by atoms with van der Waals surface area (Å²) in [4.78, 5) is 1.27. The molecule has 0 aliphatic heterocycles. The van der Waals surface area contributed by atoms with Crippen LogP contribution in [0.2, 0.25) is 0 Å². The standard InChI is InChI=1S/C20H15F6N3/c21-19(22,23)12-9-13(20(24,25)26)11-18(10-12)29(16-5-1-14(27)2-6-16)17-7-3-15(28)4-8-17/h1-11H,27-28H2. The normalized spacial score (nSPS) is 12.1. The second kappa shape index (κ2) is 7.23. The van der Waals surface area contributed by atoms with Crippen LogP contribution in [0.3, 0.4) is 0 Å². The molecule has 0 aliphatic carbocycles. The molecule has 0 atom stereocenters. The van der Waals surface area contributed by atoms with Crippen molar-refractivity contribution in [3.05, 3.63) is 77.9 Å². The molecule has 0 aliphatic rings. The van der Waals surface area contributed by atoms with Crippen molar-refractivity contribution in [3.8, 4) is 0 Å². The van der Waals surface area contributed by atoms with Crippen LogP contribution in [0.4, 0.5) is 54.8 Å². The maximum atomic E-state index is 13.3. The number of benzene rings is 3. The van der Waals surface area contributed by atoms with Crippen LogP contribution >= 0.6 is 0 Å². The molecule has 3 nitrogen and oxygen atoms in total. The fraction of sp³-hybridized carbons (Fsp3) is 0.100. The number of nitrogens with zero attached hydrogens (tertiary/aromatic N) is 1. The maximum absolute atomic E-state index is 13.3. The van der Waals surface area contributed by atoms with Crippen molar-refractivity contribution in [3.63, 3.8) is 0 Å². The molecule has 0 amide bonds. The van der Waals surface area contributed by atoms with Gasteiger partial charge in [0.25, 0.3) is 0 Å². The van der Waals surface area contributed by atoms with Crippen LogP contribution in [-0.4, -0.2) is 0 Å². The van der Waals surface area contributed by atoms with Gasteiger partial charge in [-0.3, -0.25) is 0 Å². The number of halogens is 6. The monoisotopic (exact) mass is 411 g/mol. The van der Waals surface area contributed by atoms with Crippen molar-refractivity contribution >= 4 is 28.4 Å². The van der Waals surface area contributed by atoms with E-state index in [1.54, 1.807) is 0 Å². The predicted octanol–water partition coefficient (Wildman–Crippen LogP) is 6.36. The summed E-state index contributed by atoms with van der Waals surface area (Å²) >= 11 is 0. The summed E-state index contributed by atoms with van der Waals surface area (Å²) < 4.78 is 79.7. The summed E-state index contributed by atoms with van der Waals surface area (Å²) in [5, 5.41) is 0. The molecule has 0 unspecified atom stereocenters. The SMILES string of the molecule is Nc1ccc(N(c2ccc(N)cc2)c2cc(C(F)(F)F)cc(C(F)(F)F)c2)cc1. The highest BCUT2D eigenvalue weighted by Gasteiger charge is 2.37. The number of anilines is 5. The number of nitrogens with two attached hydrogens (primary N) is 2. The van der Waals surface area contributed by atoms with E-state index in [4.69, 9.17) is 11.5 Å². The number of hydrogen-bond acceptors (Lipinski definition) is 3. The molecule has 0 radical (unpaired) electrons. The Hall–Kier alpha value is -3.36. The average molecular weight is 411 g/mol. The molecule has 3 aromatic rings. The Kier molecular flexibility index (Phi) is 5.08. The molecule has 3 aromatic carbocycles. The lowest BCUT2D eigenvalue weighted by molar-refractivity contribution is -0.143. The molecule has 4 N–H and O–H groups in total. The van der Waals surface area contributed by atoms with Gasteiger partial charge in [-0.25, -0.2) is 0 Å². The van der Waals surface area contributed by atoms with Crippen molar-refractivity contribution in [1.29, 1.82) is 0 Å². The van der Waals surface area contributed by atoms with Crippen LogP contribution in [0.15, 0.2) is 66.7 Å². The Bertz CT molecular complexity index is 915. The van der Waals surface area contributed by atoms with E-state index in [1.165, 1.54) is 53.4 Å². The summed E-state index contributed by atoms with van der Waals surface area (Å²) in [5.74, 6) is 0. The van der Waals surface area contributed by atoms with Gasteiger partial charge in [0.1, 0.15) is 0 Å². The van der Waals surface area contributed by atoms with Crippen molar-refractivity contribution in [2.24, 2.45) is 0 Å². The second-order valence-electron chi connectivity index (χ2n) is 6.28. The molecule has 0 fully saturated rings. The molecule has 0 saturated heterocycles. The second-order valence-corrected chi connectivity index (χ2v) is 6.28. The van der Waals surface area contributed by atoms with Gasteiger partial charge in [-0.1, -0.05) is 0 Å². The van der Waals surface area contributed by atoms with Crippen LogP contribution in [0.25, 0.3) is 0 Å². The van der Waals surface area contributed by atoms with Crippen molar-refractivity contribution < 1.29 is 26.3 Å². The number of rotatable bonds is 3. The van der Waals surface area contributed by atoms with Gasteiger partial charge in [-0.2, -0.15) is 26.3 Å².